The summed E-state index contributed by atoms with van der Waals surface area (Å²) in [6, 6.07) is 0. The average molecular weight is 166 g/mol. The minimum Gasteiger partial charge on any atom is -0.325 e. The summed E-state index contributed by atoms with van der Waals surface area (Å²) >= 11 is 0. The lowest BCUT2D eigenvalue weighted by molar-refractivity contribution is 0.428. The van der Waals surface area contributed by atoms with Gasteiger partial charge in [-0.05, 0) is 56.6 Å². The minimum atomic E-state index is 0.0995. The topological polar surface area (TPSA) is 49.9 Å². The molecule has 2 heteroatoms. The van der Waals surface area contributed by atoms with Crippen molar-refractivity contribution in [2.45, 2.75) is 38.1 Å². The molecule has 12 heavy (non-hydrogen) atoms. The third-order valence-corrected chi connectivity index (χ3v) is 3.57. The molecule has 68 valence electrons. The lowest BCUT2D eigenvalue weighted by atomic mass is 9.95. The highest BCUT2D eigenvalue weighted by molar-refractivity contribution is 5.57. The maximum Gasteiger partial charge on any atom is 0.0131 e. The second-order valence-electron chi connectivity index (χ2n) is 4.98. The zero-order valence-corrected chi connectivity index (χ0v) is 7.72. The van der Waals surface area contributed by atoms with Crippen molar-refractivity contribution in [3.8, 4) is 0 Å². The molecule has 0 aliphatic heterocycles. The average Bonchev–Trinajstić information content (AvgIpc) is 2.40. The van der Waals surface area contributed by atoms with E-state index in [2.05, 4.69) is 6.92 Å². The smallest absolute Gasteiger partial charge is 0.0131 e. The highest BCUT2D eigenvalue weighted by Crippen LogP contribution is 2.49. The van der Waals surface area contributed by atoms with E-state index in [9.17, 15) is 0 Å². The lowest BCUT2D eigenvalue weighted by Crippen LogP contribution is -2.33. The molecule has 0 aromatic rings. The van der Waals surface area contributed by atoms with Crippen LogP contribution in [0.25, 0.3) is 0 Å². The molecule has 0 aromatic heterocycles. The van der Waals surface area contributed by atoms with Crippen molar-refractivity contribution < 1.29 is 0 Å². The molecule has 0 amide bonds. The number of nitrogens with one attached hydrogen (secondary N) is 1. The highest BCUT2D eigenvalue weighted by atomic mass is 14.8. The maximum absolute atomic E-state index is 7.22. The van der Waals surface area contributed by atoms with E-state index in [4.69, 9.17) is 11.1 Å². The van der Waals surface area contributed by atoms with Gasteiger partial charge in [-0.25, -0.2) is 0 Å². The van der Waals surface area contributed by atoms with Crippen LogP contribution in [0.2, 0.25) is 0 Å². The molecule has 3 N–H and O–H groups in total. The Morgan fingerprint density at radius 3 is 2.25 bits per heavy atom. The fraction of sp³-hybridized carbons (Fsp3) is 0.900. The second-order valence-corrected chi connectivity index (χ2v) is 4.98. The van der Waals surface area contributed by atoms with Crippen LogP contribution in [-0.2, 0) is 0 Å². The van der Waals surface area contributed by atoms with Crippen molar-refractivity contribution in [1.29, 1.82) is 5.41 Å². The first-order valence-electron chi connectivity index (χ1n) is 4.90. The molecule has 0 saturated heterocycles. The van der Waals surface area contributed by atoms with Gasteiger partial charge in [0.2, 0.25) is 0 Å². The Morgan fingerprint density at radius 2 is 1.83 bits per heavy atom. The van der Waals surface area contributed by atoms with Crippen LogP contribution in [0.5, 0.6) is 0 Å². The normalized spacial score (nSPS) is 52.3. The first-order valence-corrected chi connectivity index (χ1v) is 4.90. The van der Waals surface area contributed by atoms with Crippen molar-refractivity contribution in [3.05, 3.63) is 0 Å². The summed E-state index contributed by atoms with van der Waals surface area (Å²) in [6.45, 7) is 2.17. The summed E-state index contributed by atoms with van der Waals surface area (Å²) in [5.41, 5.74) is 6.20. The molecule has 2 aliphatic rings. The predicted octanol–water partition coefficient (Wildman–Crippen LogP) is 1.79. The van der Waals surface area contributed by atoms with E-state index in [1.165, 1.54) is 25.7 Å². The standard InChI is InChI=1S/C10H18N2/c1-10(12)4-8-2-7(6-11)3-9(8)5-10/h6-9,11H,2-5,12H2,1H3/t7?,8-,9+,10-. The quantitative estimate of drug-likeness (QED) is 0.573. The second kappa shape index (κ2) is 2.56. The van der Waals surface area contributed by atoms with Gasteiger partial charge in [-0.1, -0.05) is 0 Å². The maximum atomic E-state index is 7.22. The number of rotatable bonds is 1. The van der Waals surface area contributed by atoms with Crippen LogP contribution in [-0.4, -0.2) is 11.8 Å². The fourth-order valence-electron chi connectivity index (χ4n) is 3.18. The first kappa shape index (κ1) is 8.24. The summed E-state index contributed by atoms with van der Waals surface area (Å²) in [7, 11) is 0. The summed E-state index contributed by atoms with van der Waals surface area (Å²) < 4.78 is 0. The molecule has 0 heterocycles. The van der Waals surface area contributed by atoms with Crippen LogP contribution in [0.15, 0.2) is 0 Å². The van der Waals surface area contributed by atoms with E-state index in [0.717, 1.165) is 11.8 Å². The molecule has 0 radical (unpaired) electrons. The van der Waals surface area contributed by atoms with Gasteiger partial charge >= 0.3 is 0 Å². The number of nitrogens with two attached hydrogens (primary N) is 1. The SMILES string of the molecule is C[C@@]1(N)C[C@H]2CC(C=N)C[C@H]2C1. The Labute approximate surface area is 74.0 Å². The molecule has 2 aliphatic carbocycles. The number of fused-ring (bicyclic) bond motifs is 1. The third-order valence-electron chi connectivity index (χ3n) is 3.57. The van der Waals surface area contributed by atoms with Crippen LogP contribution in [0.1, 0.15) is 32.6 Å². The molecular formula is C10H18N2. The Kier molecular flexibility index (Phi) is 1.76. The van der Waals surface area contributed by atoms with Gasteiger partial charge in [-0.3, -0.25) is 0 Å². The van der Waals surface area contributed by atoms with E-state index in [0.29, 0.717) is 5.92 Å². The zero-order chi connectivity index (χ0) is 8.77. The number of hydrogen-bond acceptors (Lipinski definition) is 2. The molecular weight excluding hydrogens is 148 g/mol. The summed E-state index contributed by atoms with van der Waals surface area (Å²) in [5.74, 6) is 2.22. The van der Waals surface area contributed by atoms with Crippen LogP contribution >= 0.6 is 0 Å². The van der Waals surface area contributed by atoms with Crippen molar-refractivity contribution >= 4 is 6.21 Å². The fourth-order valence-corrected chi connectivity index (χ4v) is 3.18. The predicted molar refractivity (Wildman–Crippen MR) is 50.3 cm³/mol. The highest BCUT2D eigenvalue weighted by Gasteiger charge is 2.44. The van der Waals surface area contributed by atoms with Gasteiger partial charge in [-0.2, -0.15) is 0 Å². The van der Waals surface area contributed by atoms with Crippen molar-refractivity contribution in [1.82, 2.24) is 0 Å². The van der Waals surface area contributed by atoms with E-state index >= 15 is 0 Å². The molecule has 2 nitrogen and oxygen atoms in total. The minimum absolute atomic E-state index is 0.0995. The van der Waals surface area contributed by atoms with Crippen molar-refractivity contribution in [2.24, 2.45) is 23.5 Å². The van der Waals surface area contributed by atoms with Crippen molar-refractivity contribution in [2.75, 3.05) is 0 Å². The van der Waals surface area contributed by atoms with Crippen LogP contribution in [0.3, 0.4) is 0 Å². The molecule has 2 saturated carbocycles. The van der Waals surface area contributed by atoms with Crippen LogP contribution < -0.4 is 5.73 Å². The monoisotopic (exact) mass is 166 g/mol. The molecule has 2 fully saturated rings. The van der Waals surface area contributed by atoms with Gasteiger partial charge in [0.1, 0.15) is 0 Å². The van der Waals surface area contributed by atoms with Gasteiger partial charge in [0.25, 0.3) is 0 Å². The first-order chi connectivity index (χ1) is 5.61. The van der Waals surface area contributed by atoms with Gasteiger partial charge in [-0.15, -0.1) is 0 Å². The zero-order valence-electron chi connectivity index (χ0n) is 7.72. The van der Waals surface area contributed by atoms with Crippen LogP contribution in [0.4, 0.5) is 0 Å². The van der Waals surface area contributed by atoms with Gasteiger partial charge in [0, 0.05) is 5.54 Å². The van der Waals surface area contributed by atoms with Crippen LogP contribution in [0, 0.1) is 23.2 Å². The molecule has 0 bridgehead atoms. The largest absolute Gasteiger partial charge is 0.325 e. The Hall–Kier alpha value is -0.370. The molecule has 2 rings (SSSR count). The van der Waals surface area contributed by atoms with Gasteiger partial charge < -0.3 is 11.1 Å². The van der Waals surface area contributed by atoms with Gasteiger partial charge in [0.05, 0.1) is 0 Å². The third kappa shape index (κ3) is 1.28. The summed E-state index contributed by atoms with van der Waals surface area (Å²) in [6.07, 6.45) is 6.44. The van der Waals surface area contributed by atoms with E-state index in [-0.39, 0.29) is 5.54 Å². The Balaban J connectivity index is 2.02. The molecule has 4 atom stereocenters. The van der Waals surface area contributed by atoms with E-state index < -0.39 is 0 Å². The Bertz CT molecular complexity index is 182. The summed E-state index contributed by atoms with van der Waals surface area (Å²) in [5, 5.41) is 7.22. The number of hydrogen-bond donors (Lipinski definition) is 2. The summed E-state index contributed by atoms with van der Waals surface area (Å²) in [4.78, 5) is 0. The lowest BCUT2D eigenvalue weighted by Gasteiger charge is -2.18. The van der Waals surface area contributed by atoms with Gasteiger partial charge in [0.15, 0.2) is 0 Å². The Morgan fingerprint density at radius 1 is 1.33 bits per heavy atom. The van der Waals surface area contributed by atoms with E-state index in [1.807, 2.05) is 0 Å². The van der Waals surface area contributed by atoms with Crippen molar-refractivity contribution in [3.63, 3.8) is 0 Å². The molecule has 0 aromatic carbocycles. The van der Waals surface area contributed by atoms with E-state index in [1.54, 1.807) is 6.21 Å². The molecule has 1 unspecified atom stereocenters. The molecule has 0 spiro atoms.